The van der Waals surface area contributed by atoms with Crippen LogP contribution in [0.4, 0.5) is 0 Å². The van der Waals surface area contributed by atoms with E-state index in [1.807, 2.05) is 0 Å². The third-order valence-corrected chi connectivity index (χ3v) is 10.0. The van der Waals surface area contributed by atoms with Gasteiger partial charge in [-0.05, 0) is 41.5 Å². The van der Waals surface area contributed by atoms with Crippen molar-refractivity contribution in [2.24, 2.45) is 0 Å². The first kappa shape index (κ1) is 15.4. The van der Waals surface area contributed by atoms with Crippen LogP contribution in [0, 0.1) is 11.8 Å². The summed E-state index contributed by atoms with van der Waals surface area (Å²) in [5.74, 6) is 0. The summed E-state index contributed by atoms with van der Waals surface area (Å²) in [4.78, 5) is 0. The molecule has 0 aliphatic heterocycles. The van der Waals surface area contributed by atoms with E-state index in [0.717, 1.165) is 17.0 Å². The highest BCUT2D eigenvalue weighted by atomic mass is 31.2. The van der Waals surface area contributed by atoms with E-state index in [-0.39, 0.29) is 0 Å². The molecule has 78 valence electrons. The van der Waals surface area contributed by atoms with E-state index >= 15 is 0 Å². The third-order valence-electron chi connectivity index (χ3n) is 3.34. The van der Waals surface area contributed by atoms with Crippen LogP contribution >= 0.6 is 7.26 Å². The van der Waals surface area contributed by atoms with Crippen molar-refractivity contribution in [2.75, 3.05) is 6.66 Å². The summed E-state index contributed by atoms with van der Waals surface area (Å²) < 4.78 is 0. The Labute approximate surface area is 84.9 Å². The Morgan fingerprint density at radius 1 is 0.769 bits per heavy atom. The van der Waals surface area contributed by atoms with Crippen molar-refractivity contribution in [1.82, 2.24) is 0 Å². The average Bonchev–Trinajstić information content (AvgIpc) is 2.05. The van der Waals surface area contributed by atoms with Crippen molar-refractivity contribution < 1.29 is 0 Å². The Bertz CT molecular complexity index is 126. The minimum absolute atomic E-state index is 0.685. The minimum atomic E-state index is -0.685. The average molecular weight is 201 g/mol. The summed E-state index contributed by atoms with van der Waals surface area (Å²) >= 11 is 0. The van der Waals surface area contributed by atoms with Gasteiger partial charge in [0.1, 0.15) is 0 Å². The SMILES string of the molecule is CC(C)[P+](C)(C(C)C)C(C)C.[C-]#N. The molecule has 0 fully saturated rings. The fourth-order valence-electron chi connectivity index (χ4n) is 1.79. The molecule has 0 aromatic heterocycles. The normalized spacial score (nSPS) is 11.7. The van der Waals surface area contributed by atoms with Gasteiger partial charge in [-0.3, -0.25) is 0 Å². The largest absolute Gasteiger partial charge is 0.512 e. The molecule has 0 heterocycles. The first-order valence-electron chi connectivity index (χ1n) is 4.91. The first-order chi connectivity index (χ1) is 5.83. The van der Waals surface area contributed by atoms with E-state index in [9.17, 15) is 0 Å². The summed E-state index contributed by atoms with van der Waals surface area (Å²) in [6.45, 7) is 21.6. The molecule has 0 radical (unpaired) electrons. The molecule has 1 nitrogen and oxygen atoms in total. The van der Waals surface area contributed by atoms with E-state index in [1.165, 1.54) is 0 Å². The molecular weight excluding hydrogens is 177 g/mol. The second-order valence-corrected chi connectivity index (χ2v) is 10.0. The van der Waals surface area contributed by atoms with Gasteiger partial charge in [0.2, 0.25) is 0 Å². The fraction of sp³-hybridized carbons (Fsp3) is 0.909. The van der Waals surface area contributed by atoms with Crippen molar-refractivity contribution in [2.45, 2.75) is 58.5 Å². The van der Waals surface area contributed by atoms with Crippen molar-refractivity contribution in [3.8, 4) is 0 Å². The lowest BCUT2D eigenvalue weighted by Gasteiger charge is -2.34. The molecule has 0 aliphatic rings. The number of nitrogens with zero attached hydrogens (tertiary/aromatic N) is 1. The molecule has 0 rings (SSSR count). The standard InChI is InChI=1S/C10H24P.CN/c1-8(2)11(7,9(3)4)10(5)6;1-2/h8-10H,1-7H3;/q+1;-1. The van der Waals surface area contributed by atoms with Crippen LogP contribution in [0.1, 0.15) is 41.5 Å². The Kier molecular flexibility index (Phi) is 7.56. The van der Waals surface area contributed by atoms with Gasteiger partial charge in [0.25, 0.3) is 0 Å². The molecular formula is C11H24NP. The van der Waals surface area contributed by atoms with Crippen LogP contribution in [0.2, 0.25) is 0 Å². The van der Waals surface area contributed by atoms with E-state index in [4.69, 9.17) is 11.8 Å². The predicted octanol–water partition coefficient (Wildman–Crippen LogP) is 3.96. The Hall–Kier alpha value is -0.0800. The quantitative estimate of drug-likeness (QED) is 0.501. The van der Waals surface area contributed by atoms with Crippen molar-refractivity contribution in [3.63, 3.8) is 0 Å². The zero-order chi connectivity index (χ0) is 11.2. The molecule has 0 saturated heterocycles. The van der Waals surface area contributed by atoms with Crippen LogP contribution in [0.3, 0.4) is 0 Å². The highest BCUT2D eigenvalue weighted by molar-refractivity contribution is 7.77. The molecule has 0 aromatic rings. The molecule has 0 saturated carbocycles. The van der Waals surface area contributed by atoms with Crippen LogP contribution in [-0.4, -0.2) is 23.6 Å². The second kappa shape index (κ2) is 6.39. The van der Waals surface area contributed by atoms with Gasteiger partial charge in [0.05, 0.1) is 17.0 Å². The van der Waals surface area contributed by atoms with E-state index in [0.29, 0.717) is 0 Å². The molecule has 13 heavy (non-hydrogen) atoms. The molecule has 0 aliphatic carbocycles. The van der Waals surface area contributed by atoms with Crippen molar-refractivity contribution >= 4 is 7.26 Å². The summed E-state index contributed by atoms with van der Waals surface area (Å²) in [5, 5.41) is 6.25. The number of hydrogen-bond acceptors (Lipinski definition) is 1. The maximum Gasteiger partial charge on any atom is 0.0643 e. The van der Waals surface area contributed by atoms with E-state index in [2.05, 4.69) is 48.2 Å². The zero-order valence-electron chi connectivity index (χ0n) is 10.1. The zero-order valence-corrected chi connectivity index (χ0v) is 11.0. The molecule has 0 amide bonds. The molecule has 0 bridgehead atoms. The van der Waals surface area contributed by atoms with Gasteiger partial charge in [-0.15, -0.1) is 0 Å². The van der Waals surface area contributed by atoms with E-state index in [1.54, 1.807) is 0 Å². The van der Waals surface area contributed by atoms with Crippen LogP contribution in [0.25, 0.3) is 0 Å². The smallest absolute Gasteiger partial charge is 0.0643 e. The summed E-state index contributed by atoms with van der Waals surface area (Å²) in [7, 11) is -0.685. The molecule has 0 unspecified atom stereocenters. The Morgan fingerprint density at radius 3 is 0.923 bits per heavy atom. The van der Waals surface area contributed by atoms with Gasteiger partial charge < -0.3 is 11.8 Å². The van der Waals surface area contributed by atoms with Crippen molar-refractivity contribution in [3.05, 3.63) is 6.57 Å². The van der Waals surface area contributed by atoms with Crippen molar-refractivity contribution in [1.29, 1.82) is 5.26 Å². The monoisotopic (exact) mass is 201 g/mol. The lowest BCUT2D eigenvalue weighted by atomic mass is 10.5. The Morgan fingerprint density at radius 2 is 0.923 bits per heavy atom. The van der Waals surface area contributed by atoms with Crippen LogP contribution in [0.5, 0.6) is 0 Å². The highest BCUT2D eigenvalue weighted by Crippen LogP contribution is 2.66. The summed E-state index contributed by atoms with van der Waals surface area (Å²) in [5.41, 5.74) is 2.67. The van der Waals surface area contributed by atoms with Gasteiger partial charge in [0.15, 0.2) is 0 Å². The van der Waals surface area contributed by atoms with Gasteiger partial charge >= 0.3 is 0 Å². The fourth-order valence-corrected chi connectivity index (χ4v) is 5.37. The maximum absolute atomic E-state index is 6.25. The molecule has 2 heteroatoms. The van der Waals surface area contributed by atoms with Gasteiger partial charge in [0, 0.05) is 13.9 Å². The molecule has 0 spiro atoms. The molecule has 0 aromatic carbocycles. The maximum atomic E-state index is 6.25. The lowest BCUT2D eigenvalue weighted by molar-refractivity contribution is 0.920. The first-order valence-corrected chi connectivity index (χ1v) is 7.35. The molecule has 0 N–H and O–H groups in total. The number of hydrogen-bond donors (Lipinski definition) is 0. The van der Waals surface area contributed by atoms with Crippen LogP contribution in [-0.2, 0) is 0 Å². The van der Waals surface area contributed by atoms with Gasteiger partial charge in [-0.2, -0.15) is 0 Å². The highest BCUT2D eigenvalue weighted by Gasteiger charge is 2.41. The summed E-state index contributed by atoms with van der Waals surface area (Å²) in [6, 6.07) is 0. The van der Waals surface area contributed by atoms with Crippen LogP contribution in [0.15, 0.2) is 0 Å². The van der Waals surface area contributed by atoms with Gasteiger partial charge in [-0.1, -0.05) is 0 Å². The minimum Gasteiger partial charge on any atom is -0.512 e. The van der Waals surface area contributed by atoms with E-state index < -0.39 is 7.26 Å². The second-order valence-electron chi connectivity index (χ2n) is 4.50. The predicted molar refractivity (Wildman–Crippen MR) is 63.2 cm³/mol. The van der Waals surface area contributed by atoms with Gasteiger partial charge in [-0.25, -0.2) is 0 Å². The summed E-state index contributed by atoms with van der Waals surface area (Å²) in [6.07, 6.45) is 0. The Balaban J connectivity index is 0. The van der Waals surface area contributed by atoms with Crippen LogP contribution < -0.4 is 0 Å². The number of rotatable bonds is 3. The lowest BCUT2D eigenvalue weighted by Crippen LogP contribution is -2.21. The topological polar surface area (TPSA) is 23.8 Å². The third kappa shape index (κ3) is 3.65. The molecule has 0 atom stereocenters.